The van der Waals surface area contributed by atoms with Crippen LogP contribution in [0.1, 0.15) is 23.2 Å². The van der Waals surface area contributed by atoms with E-state index in [2.05, 4.69) is 9.72 Å². The Hall–Kier alpha value is -1.91. The molecule has 3 nitrogen and oxygen atoms in total. The smallest absolute Gasteiger partial charge is 0.421 e. The quantitative estimate of drug-likeness (QED) is 0.789. The number of nitrogens with zero attached hydrogens (tertiary/aromatic N) is 2. The summed E-state index contributed by atoms with van der Waals surface area (Å²) in [5.41, 5.74) is -3.01. The third kappa shape index (κ3) is 2.67. The SMILES string of the molecule is COc1c(C(F)F)cnc(CC#N)c1C(F)(F)F. The summed E-state index contributed by atoms with van der Waals surface area (Å²) in [5, 5.41) is 8.41. The molecule has 18 heavy (non-hydrogen) atoms. The predicted octanol–water partition coefficient (Wildman–Crippen LogP) is 3.11. The topological polar surface area (TPSA) is 45.9 Å². The van der Waals surface area contributed by atoms with E-state index < -0.39 is 41.6 Å². The number of hydrogen-bond acceptors (Lipinski definition) is 3. The van der Waals surface area contributed by atoms with Crippen molar-refractivity contribution < 1.29 is 26.7 Å². The van der Waals surface area contributed by atoms with Gasteiger partial charge in [0, 0.05) is 6.20 Å². The van der Waals surface area contributed by atoms with Crippen molar-refractivity contribution >= 4 is 0 Å². The Labute approximate surface area is 98.8 Å². The summed E-state index contributed by atoms with van der Waals surface area (Å²) >= 11 is 0. The van der Waals surface area contributed by atoms with Crippen molar-refractivity contribution in [2.24, 2.45) is 0 Å². The van der Waals surface area contributed by atoms with Gasteiger partial charge in [0.25, 0.3) is 6.43 Å². The Morgan fingerprint density at radius 3 is 2.44 bits per heavy atom. The highest BCUT2D eigenvalue weighted by Gasteiger charge is 2.40. The molecule has 8 heteroatoms. The number of alkyl halides is 5. The van der Waals surface area contributed by atoms with E-state index in [1.165, 1.54) is 6.07 Å². The normalized spacial score (nSPS) is 11.4. The molecule has 0 atom stereocenters. The van der Waals surface area contributed by atoms with Crippen molar-refractivity contribution in [1.29, 1.82) is 5.26 Å². The molecule has 1 aromatic rings. The fraction of sp³-hybridized carbons (Fsp3) is 0.400. The zero-order chi connectivity index (χ0) is 13.9. The fourth-order valence-electron chi connectivity index (χ4n) is 1.42. The van der Waals surface area contributed by atoms with Crippen molar-refractivity contribution in [3.8, 4) is 11.8 Å². The molecule has 1 aromatic heterocycles. The van der Waals surface area contributed by atoms with E-state index in [-0.39, 0.29) is 0 Å². The van der Waals surface area contributed by atoms with Crippen molar-refractivity contribution in [2.75, 3.05) is 7.11 Å². The maximum Gasteiger partial charge on any atom is 0.421 e. The molecule has 0 aliphatic rings. The van der Waals surface area contributed by atoms with Gasteiger partial charge >= 0.3 is 6.18 Å². The van der Waals surface area contributed by atoms with Gasteiger partial charge in [0.05, 0.1) is 30.9 Å². The average Bonchev–Trinajstić information content (AvgIpc) is 2.26. The molecule has 1 heterocycles. The van der Waals surface area contributed by atoms with Gasteiger partial charge in [-0.2, -0.15) is 18.4 Å². The summed E-state index contributed by atoms with van der Waals surface area (Å²) in [6.45, 7) is 0. The summed E-state index contributed by atoms with van der Waals surface area (Å²) in [5.74, 6) is -0.988. The van der Waals surface area contributed by atoms with Crippen LogP contribution < -0.4 is 4.74 Å². The minimum atomic E-state index is -4.92. The Balaban J connectivity index is 3.57. The zero-order valence-corrected chi connectivity index (χ0v) is 9.05. The molecule has 0 unspecified atom stereocenters. The first kappa shape index (κ1) is 14.2. The van der Waals surface area contributed by atoms with Gasteiger partial charge in [0.1, 0.15) is 11.3 Å². The van der Waals surface area contributed by atoms with Gasteiger partial charge in [-0.15, -0.1) is 0 Å². The van der Waals surface area contributed by atoms with Gasteiger partial charge in [-0.3, -0.25) is 4.98 Å². The van der Waals surface area contributed by atoms with Crippen LogP contribution in [0.5, 0.6) is 5.75 Å². The van der Waals surface area contributed by atoms with Crippen LogP contribution in [0.3, 0.4) is 0 Å². The van der Waals surface area contributed by atoms with Crippen LogP contribution in [0.4, 0.5) is 22.0 Å². The lowest BCUT2D eigenvalue weighted by atomic mass is 10.1. The molecule has 0 fully saturated rings. The summed E-state index contributed by atoms with van der Waals surface area (Å²) < 4.78 is 67.9. The minimum Gasteiger partial charge on any atom is -0.495 e. The third-order valence-corrected chi connectivity index (χ3v) is 2.11. The first-order chi connectivity index (χ1) is 8.32. The van der Waals surface area contributed by atoms with Crippen molar-refractivity contribution in [3.05, 3.63) is 23.0 Å². The van der Waals surface area contributed by atoms with Gasteiger partial charge in [0.2, 0.25) is 0 Å². The van der Waals surface area contributed by atoms with Crippen LogP contribution in [0.15, 0.2) is 6.20 Å². The van der Waals surface area contributed by atoms with Crippen molar-refractivity contribution in [2.45, 2.75) is 19.0 Å². The molecule has 0 amide bonds. The summed E-state index contributed by atoms with van der Waals surface area (Å²) in [6.07, 6.45) is -8.13. The Morgan fingerprint density at radius 1 is 1.44 bits per heavy atom. The molecule has 0 bridgehead atoms. The maximum absolute atomic E-state index is 12.8. The lowest BCUT2D eigenvalue weighted by molar-refractivity contribution is -0.139. The van der Waals surface area contributed by atoms with E-state index in [0.717, 1.165) is 7.11 Å². The van der Waals surface area contributed by atoms with Gasteiger partial charge in [0.15, 0.2) is 0 Å². The number of pyridine rings is 1. The highest BCUT2D eigenvalue weighted by molar-refractivity contribution is 5.46. The van der Waals surface area contributed by atoms with E-state index in [0.29, 0.717) is 6.20 Å². The summed E-state index contributed by atoms with van der Waals surface area (Å²) in [4.78, 5) is 3.26. The molecule has 0 saturated heterocycles. The second-order valence-corrected chi connectivity index (χ2v) is 3.20. The molecular formula is C10H7F5N2O. The predicted molar refractivity (Wildman–Crippen MR) is 50.1 cm³/mol. The molecule has 0 N–H and O–H groups in total. The molecule has 0 aliphatic carbocycles. The molecule has 0 radical (unpaired) electrons. The van der Waals surface area contributed by atoms with E-state index in [1.807, 2.05) is 0 Å². The summed E-state index contributed by atoms with van der Waals surface area (Å²) in [7, 11) is 0.854. The number of hydrogen-bond donors (Lipinski definition) is 0. The second kappa shape index (κ2) is 5.16. The van der Waals surface area contributed by atoms with E-state index >= 15 is 0 Å². The first-order valence-corrected chi connectivity index (χ1v) is 4.61. The minimum absolute atomic E-state index is 0.589. The summed E-state index contributed by atoms with van der Waals surface area (Å²) in [6, 6.07) is 1.49. The van der Waals surface area contributed by atoms with Gasteiger partial charge in [-0.1, -0.05) is 0 Å². The molecule has 0 saturated carbocycles. The van der Waals surface area contributed by atoms with Crippen molar-refractivity contribution in [3.63, 3.8) is 0 Å². The lowest BCUT2D eigenvalue weighted by Crippen LogP contribution is -2.14. The van der Waals surface area contributed by atoms with E-state index in [9.17, 15) is 22.0 Å². The van der Waals surface area contributed by atoms with Crippen LogP contribution in [0.2, 0.25) is 0 Å². The molecular weight excluding hydrogens is 259 g/mol. The van der Waals surface area contributed by atoms with Gasteiger partial charge in [-0.25, -0.2) is 8.78 Å². The monoisotopic (exact) mass is 266 g/mol. The largest absolute Gasteiger partial charge is 0.495 e. The number of nitriles is 1. The van der Waals surface area contributed by atoms with E-state index in [4.69, 9.17) is 5.26 Å². The highest BCUT2D eigenvalue weighted by atomic mass is 19.4. The van der Waals surface area contributed by atoms with Crippen LogP contribution >= 0.6 is 0 Å². The maximum atomic E-state index is 12.8. The molecule has 1 rings (SSSR count). The zero-order valence-electron chi connectivity index (χ0n) is 9.05. The average molecular weight is 266 g/mol. The Kier molecular flexibility index (Phi) is 4.06. The van der Waals surface area contributed by atoms with Crippen LogP contribution in [-0.2, 0) is 12.6 Å². The van der Waals surface area contributed by atoms with E-state index in [1.54, 1.807) is 0 Å². The molecule has 98 valence electrons. The van der Waals surface area contributed by atoms with Gasteiger partial charge in [-0.05, 0) is 0 Å². The Bertz CT molecular complexity index is 478. The number of aromatic nitrogens is 1. The second-order valence-electron chi connectivity index (χ2n) is 3.20. The number of rotatable bonds is 3. The van der Waals surface area contributed by atoms with Crippen LogP contribution in [-0.4, -0.2) is 12.1 Å². The molecule has 0 spiro atoms. The number of halogens is 5. The highest BCUT2D eigenvalue weighted by Crippen LogP contribution is 2.42. The molecule has 0 aliphatic heterocycles. The fourth-order valence-corrected chi connectivity index (χ4v) is 1.42. The first-order valence-electron chi connectivity index (χ1n) is 4.61. The standard InChI is InChI=1S/C10H7F5N2O/c1-18-8-5(9(11)12)4-17-6(2-3-16)7(8)10(13,14)15/h4,9H,2H2,1H3. The number of methoxy groups -OCH3 is 1. The van der Waals surface area contributed by atoms with Crippen LogP contribution in [0.25, 0.3) is 0 Å². The lowest BCUT2D eigenvalue weighted by Gasteiger charge is -2.17. The van der Waals surface area contributed by atoms with Crippen molar-refractivity contribution in [1.82, 2.24) is 4.98 Å². The molecule has 0 aromatic carbocycles. The van der Waals surface area contributed by atoms with Gasteiger partial charge < -0.3 is 4.74 Å². The Morgan fingerprint density at radius 2 is 2.06 bits per heavy atom. The third-order valence-electron chi connectivity index (χ3n) is 2.11. The number of ether oxygens (including phenoxy) is 1. The van der Waals surface area contributed by atoms with Crippen LogP contribution in [0, 0.1) is 11.3 Å².